The molecular weight excluding hydrogens is 138 g/mol. The standard InChI is InChI=1S/C5H9NO2S/c7-5(8-9-5)4-2-1-3-6-4/h4,6-7H,1-3H2/t4-,5?/m0/s1. The van der Waals surface area contributed by atoms with Gasteiger partial charge in [0.15, 0.2) is 0 Å². The summed E-state index contributed by atoms with van der Waals surface area (Å²) in [7, 11) is 0. The fourth-order valence-electron chi connectivity index (χ4n) is 1.15. The smallest absolute Gasteiger partial charge is 0.268 e. The zero-order chi connectivity index (χ0) is 6.32. The highest BCUT2D eigenvalue weighted by Gasteiger charge is 2.53. The zero-order valence-electron chi connectivity index (χ0n) is 4.96. The number of aliphatic hydroxyl groups is 1. The van der Waals surface area contributed by atoms with Crippen molar-refractivity contribution in [2.45, 2.75) is 24.0 Å². The van der Waals surface area contributed by atoms with Gasteiger partial charge in [-0.2, -0.15) is 0 Å². The van der Waals surface area contributed by atoms with Gasteiger partial charge >= 0.3 is 0 Å². The lowest BCUT2D eigenvalue weighted by molar-refractivity contribution is 0.00755. The Morgan fingerprint density at radius 3 is 3.00 bits per heavy atom. The van der Waals surface area contributed by atoms with Crippen molar-refractivity contribution >= 4 is 12.0 Å². The average molecular weight is 147 g/mol. The maximum Gasteiger partial charge on any atom is 0.268 e. The molecule has 0 aliphatic carbocycles. The molecule has 0 saturated carbocycles. The first-order chi connectivity index (χ1) is 4.31. The summed E-state index contributed by atoms with van der Waals surface area (Å²) >= 11 is 1.16. The number of hydrogen-bond donors (Lipinski definition) is 2. The minimum absolute atomic E-state index is 0.169. The first-order valence-electron chi connectivity index (χ1n) is 3.14. The molecule has 9 heavy (non-hydrogen) atoms. The van der Waals surface area contributed by atoms with E-state index in [0.29, 0.717) is 0 Å². The molecule has 3 nitrogen and oxygen atoms in total. The molecule has 2 aliphatic rings. The van der Waals surface area contributed by atoms with Gasteiger partial charge in [-0.3, -0.25) is 4.18 Å². The second kappa shape index (κ2) is 1.85. The normalized spacial score (nSPS) is 49.7. The van der Waals surface area contributed by atoms with E-state index < -0.39 is 5.12 Å². The summed E-state index contributed by atoms with van der Waals surface area (Å²) in [6, 6.07) is 0.169. The number of hydrogen-bond acceptors (Lipinski definition) is 4. The lowest BCUT2D eigenvalue weighted by Crippen LogP contribution is -2.35. The summed E-state index contributed by atoms with van der Waals surface area (Å²) in [5.41, 5.74) is 0. The van der Waals surface area contributed by atoms with E-state index >= 15 is 0 Å². The molecule has 0 aromatic carbocycles. The van der Waals surface area contributed by atoms with Crippen LogP contribution in [0.15, 0.2) is 0 Å². The lowest BCUT2D eigenvalue weighted by Gasteiger charge is -2.09. The molecule has 0 bridgehead atoms. The fraction of sp³-hybridized carbons (Fsp3) is 1.00. The first-order valence-corrected chi connectivity index (χ1v) is 3.88. The molecule has 0 amide bonds. The van der Waals surface area contributed by atoms with Crippen molar-refractivity contribution in [2.24, 2.45) is 0 Å². The van der Waals surface area contributed by atoms with Gasteiger partial charge in [-0.1, -0.05) is 0 Å². The minimum atomic E-state index is -0.865. The van der Waals surface area contributed by atoms with E-state index in [1.54, 1.807) is 0 Å². The van der Waals surface area contributed by atoms with Crippen molar-refractivity contribution in [2.75, 3.05) is 6.54 Å². The second-order valence-electron chi connectivity index (χ2n) is 2.45. The van der Waals surface area contributed by atoms with Crippen LogP contribution in [-0.4, -0.2) is 22.8 Å². The number of nitrogens with one attached hydrogen (secondary N) is 1. The largest absolute Gasteiger partial charge is 0.354 e. The summed E-state index contributed by atoms with van der Waals surface area (Å²) in [6.45, 7) is 1.01. The van der Waals surface area contributed by atoms with E-state index in [2.05, 4.69) is 5.32 Å². The van der Waals surface area contributed by atoms with Gasteiger partial charge in [-0.05, 0) is 19.4 Å². The van der Waals surface area contributed by atoms with Crippen molar-refractivity contribution in [3.63, 3.8) is 0 Å². The van der Waals surface area contributed by atoms with E-state index in [4.69, 9.17) is 4.18 Å². The van der Waals surface area contributed by atoms with Crippen LogP contribution >= 0.6 is 12.0 Å². The van der Waals surface area contributed by atoms with Crippen LogP contribution in [0.25, 0.3) is 0 Å². The second-order valence-corrected chi connectivity index (χ2v) is 3.36. The summed E-state index contributed by atoms with van der Waals surface area (Å²) in [6.07, 6.45) is 2.18. The molecule has 1 unspecified atom stereocenters. The molecule has 2 atom stereocenters. The van der Waals surface area contributed by atoms with E-state index in [1.807, 2.05) is 0 Å². The van der Waals surface area contributed by atoms with Crippen LogP contribution in [0.5, 0.6) is 0 Å². The van der Waals surface area contributed by atoms with Gasteiger partial charge in [0.05, 0.1) is 18.1 Å². The molecule has 52 valence electrons. The molecule has 4 heteroatoms. The molecule has 2 saturated heterocycles. The van der Waals surface area contributed by atoms with Gasteiger partial charge in [-0.15, -0.1) is 0 Å². The van der Waals surface area contributed by atoms with Gasteiger partial charge in [-0.25, -0.2) is 0 Å². The Morgan fingerprint density at radius 1 is 1.78 bits per heavy atom. The molecule has 2 N–H and O–H groups in total. The third-order valence-corrected chi connectivity index (χ3v) is 2.55. The van der Waals surface area contributed by atoms with Crippen LogP contribution in [0.2, 0.25) is 0 Å². The van der Waals surface area contributed by atoms with Gasteiger partial charge in [0, 0.05) is 0 Å². The Morgan fingerprint density at radius 2 is 2.56 bits per heavy atom. The minimum Gasteiger partial charge on any atom is -0.354 e. The Hall–Kier alpha value is 0.230. The van der Waals surface area contributed by atoms with Crippen LogP contribution in [0, 0.1) is 0 Å². The fourth-order valence-corrected chi connectivity index (χ4v) is 1.67. The van der Waals surface area contributed by atoms with Gasteiger partial charge < -0.3 is 10.4 Å². The first kappa shape index (κ1) is 5.97. The van der Waals surface area contributed by atoms with Crippen LogP contribution in [0.4, 0.5) is 0 Å². The van der Waals surface area contributed by atoms with Gasteiger partial charge in [0.2, 0.25) is 0 Å². The third-order valence-electron chi connectivity index (χ3n) is 1.75. The van der Waals surface area contributed by atoms with Crippen LogP contribution < -0.4 is 5.32 Å². The predicted molar refractivity (Wildman–Crippen MR) is 34.7 cm³/mol. The van der Waals surface area contributed by atoms with E-state index in [1.165, 1.54) is 0 Å². The lowest BCUT2D eigenvalue weighted by atomic mass is 10.2. The van der Waals surface area contributed by atoms with E-state index in [-0.39, 0.29) is 6.04 Å². The topological polar surface area (TPSA) is 44.8 Å². The van der Waals surface area contributed by atoms with Crippen LogP contribution in [0.3, 0.4) is 0 Å². The van der Waals surface area contributed by atoms with Crippen molar-refractivity contribution in [3.05, 3.63) is 0 Å². The monoisotopic (exact) mass is 147 g/mol. The quantitative estimate of drug-likeness (QED) is 0.407. The number of rotatable bonds is 1. The van der Waals surface area contributed by atoms with Crippen molar-refractivity contribution in [1.82, 2.24) is 5.32 Å². The molecule has 2 aliphatic heterocycles. The molecule has 2 fully saturated rings. The molecule has 0 aromatic rings. The van der Waals surface area contributed by atoms with Crippen LogP contribution in [0.1, 0.15) is 12.8 Å². The molecule has 2 heterocycles. The SMILES string of the molecule is OC1([C@@H]2CCCN2)OS1. The van der Waals surface area contributed by atoms with Crippen LogP contribution in [-0.2, 0) is 4.18 Å². The third kappa shape index (κ3) is 0.961. The zero-order valence-corrected chi connectivity index (χ0v) is 5.78. The molecule has 0 spiro atoms. The molecular formula is C5H9NO2S. The Labute approximate surface area is 58.0 Å². The summed E-state index contributed by atoms with van der Waals surface area (Å²) in [5, 5.41) is 11.6. The Bertz CT molecular complexity index is 120. The van der Waals surface area contributed by atoms with Crippen molar-refractivity contribution in [1.29, 1.82) is 0 Å². The summed E-state index contributed by atoms with van der Waals surface area (Å²) in [5.74, 6) is 0. The molecule has 0 radical (unpaired) electrons. The van der Waals surface area contributed by atoms with Gasteiger partial charge in [0.25, 0.3) is 5.12 Å². The van der Waals surface area contributed by atoms with Crippen molar-refractivity contribution in [3.8, 4) is 0 Å². The summed E-state index contributed by atoms with van der Waals surface area (Å²) < 4.78 is 4.79. The van der Waals surface area contributed by atoms with Crippen molar-refractivity contribution < 1.29 is 9.29 Å². The Kier molecular flexibility index (Phi) is 1.23. The highest BCUT2D eigenvalue weighted by atomic mass is 32.2. The highest BCUT2D eigenvalue weighted by molar-refractivity contribution is 8.01. The maximum absolute atomic E-state index is 9.31. The highest BCUT2D eigenvalue weighted by Crippen LogP contribution is 2.49. The summed E-state index contributed by atoms with van der Waals surface area (Å²) in [4.78, 5) is 0. The maximum atomic E-state index is 9.31. The molecule has 0 aromatic heterocycles. The Balaban J connectivity index is 1.97. The predicted octanol–water partition coefficient (Wildman–Crippen LogP) is 0.0629. The van der Waals surface area contributed by atoms with E-state index in [0.717, 1.165) is 31.4 Å². The molecule has 2 rings (SSSR count). The van der Waals surface area contributed by atoms with E-state index in [9.17, 15) is 5.11 Å². The van der Waals surface area contributed by atoms with Gasteiger partial charge in [0.1, 0.15) is 0 Å². The average Bonchev–Trinajstić information content (AvgIpc) is 2.46.